The van der Waals surface area contributed by atoms with E-state index in [2.05, 4.69) is 17.6 Å². The molecule has 0 heterocycles. The summed E-state index contributed by atoms with van der Waals surface area (Å²) in [7, 11) is 0. The van der Waals surface area contributed by atoms with E-state index >= 15 is 0 Å². The highest BCUT2D eigenvalue weighted by molar-refractivity contribution is 6.00. The monoisotopic (exact) mass is 539 g/mol. The van der Waals surface area contributed by atoms with Crippen LogP contribution < -0.4 is 10.6 Å². The number of aliphatic hydroxyl groups excluding tert-OH is 1. The summed E-state index contributed by atoms with van der Waals surface area (Å²) in [5, 5.41) is 15.7. The molecule has 8 nitrogen and oxygen atoms in total. The minimum Gasteiger partial charge on any atom is -0.444 e. The Bertz CT molecular complexity index is 1110. The van der Waals surface area contributed by atoms with Crippen LogP contribution in [-0.2, 0) is 14.3 Å². The molecule has 0 aliphatic heterocycles. The number of aryl methyl sites for hydroxylation is 4. The van der Waals surface area contributed by atoms with Crippen molar-refractivity contribution in [2.75, 3.05) is 18.5 Å². The second kappa shape index (κ2) is 14.1. The third-order valence-electron chi connectivity index (χ3n) is 6.56. The number of hydrogen-bond acceptors (Lipinski definition) is 5. The highest BCUT2D eigenvalue weighted by Gasteiger charge is 2.37. The number of rotatable bonds is 11. The molecule has 2 atom stereocenters. The number of carbonyl (C=O) groups excluding carboxylic acids is 3. The Morgan fingerprint density at radius 2 is 1.46 bits per heavy atom. The van der Waals surface area contributed by atoms with Gasteiger partial charge < -0.3 is 25.4 Å². The lowest BCUT2D eigenvalue weighted by Crippen LogP contribution is -2.54. The summed E-state index contributed by atoms with van der Waals surface area (Å²) in [6, 6.07) is 9.26. The van der Waals surface area contributed by atoms with Gasteiger partial charge in [-0.25, -0.2) is 4.79 Å². The first-order chi connectivity index (χ1) is 18.3. The van der Waals surface area contributed by atoms with Crippen LogP contribution in [0.4, 0.5) is 10.5 Å². The standard InChI is InChI=1S/C31H45N3O5/c1-9-10-11-18-34(29(37)24(19-35)32-30(38)39-31(6,7)8)27(25-20(2)14-12-15-21(25)3)28(36)33-26-22(4)16-13-17-23(26)5/h12-17,24,27,35H,9-11,18-19H2,1-8H3,(H,32,38)(H,33,36). The molecule has 0 aliphatic carbocycles. The Balaban J connectivity index is 2.60. The molecule has 2 unspecified atom stereocenters. The molecule has 0 aromatic heterocycles. The van der Waals surface area contributed by atoms with E-state index in [1.165, 1.54) is 4.90 Å². The first kappa shape index (κ1) is 31.8. The molecule has 0 radical (unpaired) electrons. The SMILES string of the molecule is CCCCCN(C(=O)C(CO)NC(=O)OC(C)(C)C)C(C(=O)Nc1c(C)cccc1C)c1c(C)cccc1C. The Hall–Kier alpha value is -3.39. The lowest BCUT2D eigenvalue weighted by molar-refractivity contribution is -0.141. The number of benzene rings is 2. The fourth-order valence-electron chi connectivity index (χ4n) is 4.62. The van der Waals surface area contributed by atoms with Crippen molar-refractivity contribution in [3.05, 3.63) is 64.2 Å². The lowest BCUT2D eigenvalue weighted by Gasteiger charge is -2.35. The quantitative estimate of drug-likeness (QED) is 0.327. The second-order valence-electron chi connectivity index (χ2n) is 11.1. The number of amides is 3. The molecular formula is C31H45N3O5. The summed E-state index contributed by atoms with van der Waals surface area (Å²) in [6.07, 6.45) is 1.62. The molecule has 0 bridgehead atoms. The highest BCUT2D eigenvalue weighted by Crippen LogP contribution is 2.31. The van der Waals surface area contributed by atoms with Crippen LogP contribution in [0.1, 0.15) is 80.8 Å². The average molecular weight is 540 g/mol. The molecule has 3 N–H and O–H groups in total. The molecule has 0 spiro atoms. The number of unbranched alkanes of at least 4 members (excludes halogenated alkanes) is 2. The zero-order valence-corrected chi connectivity index (χ0v) is 24.7. The van der Waals surface area contributed by atoms with Gasteiger partial charge in [0.05, 0.1) is 6.61 Å². The third kappa shape index (κ3) is 8.82. The number of nitrogens with zero attached hydrogens (tertiary/aromatic N) is 1. The molecule has 0 saturated carbocycles. The predicted octanol–water partition coefficient (Wildman–Crippen LogP) is 5.50. The van der Waals surface area contributed by atoms with E-state index in [4.69, 9.17) is 4.74 Å². The van der Waals surface area contributed by atoms with Gasteiger partial charge >= 0.3 is 6.09 Å². The number of carbonyl (C=O) groups is 3. The molecule has 2 aromatic carbocycles. The number of aliphatic hydroxyl groups is 1. The van der Waals surface area contributed by atoms with Crippen molar-refractivity contribution in [1.82, 2.24) is 10.2 Å². The van der Waals surface area contributed by atoms with Gasteiger partial charge in [-0.2, -0.15) is 0 Å². The van der Waals surface area contributed by atoms with Crippen molar-refractivity contribution in [1.29, 1.82) is 0 Å². The first-order valence-electron chi connectivity index (χ1n) is 13.6. The van der Waals surface area contributed by atoms with Crippen LogP contribution >= 0.6 is 0 Å². The minimum absolute atomic E-state index is 0.276. The summed E-state index contributed by atoms with van der Waals surface area (Å²) in [6.45, 7) is 14.5. The fourth-order valence-corrected chi connectivity index (χ4v) is 4.62. The zero-order chi connectivity index (χ0) is 29.3. The Labute approximate surface area is 233 Å². The van der Waals surface area contributed by atoms with Crippen LogP contribution in [0.5, 0.6) is 0 Å². The van der Waals surface area contributed by atoms with E-state index in [9.17, 15) is 19.5 Å². The molecule has 0 saturated heterocycles. The van der Waals surface area contributed by atoms with Crippen LogP contribution in [0.15, 0.2) is 36.4 Å². The molecule has 214 valence electrons. The van der Waals surface area contributed by atoms with Gasteiger partial charge in [0, 0.05) is 12.2 Å². The van der Waals surface area contributed by atoms with E-state index in [1.807, 2.05) is 64.1 Å². The van der Waals surface area contributed by atoms with Gasteiger partial charge in [0.1, 0.15) is 17.7 Å². The molecule has 8 heteroatoms. The summed E-state index contributed by atoms with van der Waals surface area (Å²) in [5.74, 6) is -0.910. The van der Waals surface area contributed by atoms with Gasteiger partial charge in [-0.3, -0.25) is 9.59 Å². The largest absolute Gasteiger partial charge is 0.444 e. The van der Waals surface area contributed by atoms with Gasteiger partial charge in [0.25, 0.3) is 5.91 Å². The predicted molar refractivity (Wildman–Crippen MR) is 155 cm³/mol. The Kier molecular flexibility index (Phi) is 11.5. The van der Waals surface area contributed by atoms with E-state index in [1.54, 1.807) is 20.8 Å². The van der Waals surface area contributed by atoms with Gasteiger partial charge in [-0.05, 0) is 82.7 Å². The van der Waals surface area contributed by atoms with Crippen molar-refractivity contribution in [2.24, 2.45) is 0 Å². The Morgan fingerprint density at radius 3 is 1.95 bits per heavy atom. The fraction of sp³-hybridized carbons (Fsp3) is 0.516. The maximum atomic E-state index is 14.1. The minimum atomic E-state index is -1.28. The van der Waals surface area contributed by atoms with E-state index in [0.29, 0.717) is 12.1 Å². The summed E-state index contributed by atoms with van der Waals surface area (Å²) < 4.78 is 5.32. The molecule has 0 fully saturated rings. The molecular weight excluding hydrogens is 494 g/mol. The average Bonchev–Trinajstić information content (AvgIpc) is 2.84. The van der Waals surface area contributed by atoms with Crippen LogP contribution in [-0.4, -0.2) is 52.7 Å². The molecule has 0 aliphatic rings. The van der Waals surface area contributed by atoms with Crippen molar-refractivity contribution in [3.8, 4) is 0 Å². The smallest absolute Gasteiger partial charge is 0.408 e. The second-order valence-corrected chi connectivity index (χ2v) is 11.1. The molecule has 2 rings (SSSR count). The maximum absolute atomic E-state index is 14.1. The molecule has 39 heavy (non-hydrogen) atoms. The number of anilines is 1. The van der Waals surface area contributed by atoms with Crippen LogP contribution in [0.2, 0.25) is 0 Å². The zero-order valence-electron chi connectivity index (χ0n) is 24.7. The maximum Gasteiger partial charge on any atom is 0.408 e. The number of nitrogens with one attached hydrogen (secondary N) is 2. The van der Waals surface area contributed by atoms with Crippen LogP contribution in [0.3, 0.4) is 0 Å². The Morgan fingerprint density at radius 1 is 0.923 bits per heavy atom. The van der Waals surface area contributed by atoms with Crippen LogP contribution in [0, 0.1) is 27.7 Å². The number of para-hydroxylation sites is 1. The van der Waals surface area contributed by atoms with Gasteiger partial charge in [-0.1, -0.05) is 56.2 Å². The normalized spacial score (nSPS) is 12.8. The van der Waals surface area contributed by atoms with Crippen molar-refractivity contribution < 1.29 is 24.2 Å². The van der Waals surface area contributed by atoms with Crippen molar-refractivity contribution in [2.45, 2.75) is 92.3 Å². The lowest BCUT2D eigenvalue weighted by atomic mass is 9.93. The summed E-state index contributed by atoms with van der Waals surface area (Å²) >= 11 is 0. The number of hydrogen-bond donors (Lipinski definition) is 3. The highest BCUT2D eigenvalue weighted by atomic mass is 16.6. The molecule has 2 aromatic rings. The topological polar surface area (TPSA) is 108 Å². The summed E-state index contributed by atoms with van der Waals surface area (Å²) in [4.78, 5) is 42.2. The van der Waals surface area contributed by atoms with Crippen LogP contribution in [0.25, 0.3) is 0 Å². The van der Waals surface area contributed by atoms with Crippen molar-refractivity contribution >= 4 is 23.6 Å². The van der Waals surface area contributed by atoms with Crippen molar-refractivity contribution in [3.63, 3.8) is 0 Å². The summed E-state index contributed by atoms with van der Waals surface area (Å²) in [5.41, 5.74) is 4.20. The van der Waals surface area contributed by atoms with Gasteiger partial charge in [0.2, 0.25) is 5.91 Å². The first-order valence-corrected chi connectivity index (χ1v) is 13.6. The molecule has 3 amide bonds. The number of ether oxygens (including phenoxy) is 1. The van der Waals surface area contributed by atoms with Gasteiger partial charge in [0.15, 0.2) is 0 Å². The van der Waals surface area contributed by atoms with Gasteiger partial charge in [-0.15, -0.1) is 0 Å². The third-order valence-corrected chi connectivity index (χ3v) is 6.56. The van der Waals surface area contributed by atoms with E-state index in [0.717, 1.165) is 40.7 Å². The van der Waals surface area contributed by atoms with E-state index in [-0.39, 0.29) is 12.5 Å². The van der Waals surface area contributed by atoms with E-state index < -0.39 is 36.3 Å². The number of alkyl carbamates (subject to hydrolysis) is 1.